The highest BCUT2D eigenvalue weighted by Gasteiger charge is 2.34. The van der Waals surface area contributed by atoms with E-state index >= 15 is 0 Å². The van der Waals surface area contributed by atoms with Crippen molar-refractivity contribution in [3.8, 4) is 11.8 Å². The smallest absolute Gasteiger partial charge is 0.465 e. The number of carbonyl (C=O) groups is 1. The van der Waals surface area contributed by atoms with E-state index in [0.29, 0.717) is 12.1 Å². The lowest BCUT2D eigenvalue weighted by atomic mass is 10.0. The number of benzene rings is 1. The van der Waals surface area contributed by atoms with Crippen LogP contribution >= 0.6 is 0 Å². The maximum atomic E-state index is 12.6. The average Bonchev–Trinajstić information content (AvgIpc) is 2.35. The normalized spacial score (nSPS) is 11.1. The van der Waals surface area contributed by atoms with Crippen LogP contribution in [-0.2, 0) is 4.74 Å². The number of ether oxygens (including phenoxy) is 2. The molecule has 108 valence electrons. The van der Waals surface area contributed by atoms with Gasteiger partial charge in [0.2, 0.25) is 0 Å². The minimum absolute atomic E-state index is 0.295. The Morgan fingerprint density at radius 2 is 1.95 bits per heavy atom. The van der Waals surface area contributed by atoms with Crippen LogP contribution in [0.5, 0.6) is 5.75 Å². The monoisotopic (exact) mass is 295 g/mol. The number of alkyl halides is 5. The molecule has 1 aromatic rings. The van der Waals surface area contributed by atoms with Gasteiger partial charge in [0.1, 0.15) is 11.3 Å². The molecule has 0 heterocycles. The molecule has 0 atom stereocenters. The number of carbonyl (C=O) groups excluding carboxylic acids is 1. The van der Waals surface area contributed by atoms with E-state index in [9.17, 15) is 26.7 Å². The summed E-state index contributed by atoms with van der Waals surface area (Å²) in [6.45, 7) is 0. The van der Waals surface area contributed by atoms with Gasteiger partial charge in [0.25, 0.3) is 6.43 Å². The molecule has 0 fully saturated rings. The van der Waals surface area contributed by atoms with Gasteiger partial charge in [0.05, 0.1) is 18.7 Å². The van der Waals surface area contributed by atoms with Gasteiger partial charge in [-0.25, -0.2) is 13.6 Å². The van der Waals surface area contributed by atoms with E-state index in [1.165, 1.54) is 6.07 Å². The Balaban J connectivity index is 3.49. The molecule has 0 amide bonds. The molecule has 0 aliphatic rings. The van der Waals surface area contributed by atoms with E-state index < -0.39 is 41.2 Å². The number of halogens is 5. The predicted octanol–water partition coefficient (Wildman–Crippen LogP) is 3.18. The highest BCUT2D eigenvalue weighted by Crippen LogP contribution is 2.33. The molecule has 0 bridgehead atoms. The number of rotatable bonds is 3. The largest absolute Gasteiger partial charge is 0.573 e. The zero-order valence-corrected chi connectivity index (χ0v) is 9.79. The number of nitriles is 1. The van der Waals surface area contributed by atoms with Gasteiger partial charge in [-0.1, -0.05) is 0 Å². The third-order valence-corrected chi connectivity index (χ3v) is 2.14. The summed E-state index contributed by atoms with van der Waals surface area (Å²) in [7, 11) is 0.882. The Kier molecular flexibility index (Phi) is 4.49. The fourth-order valence-electron chi connectivity index (χ4n) is 1.35. The predicted molar refractivity (Wildman–Crippen MR) is 54.1 cm³/mol. The molecule has 0 saturated carbocycles. The first kappa shape index (κ1) is 15.7. The Morgan fingerprint density at radius 1 is 1.35 bits per heavy atom. The maximum absolute atomic E-state index is 12.6. The SMILES string of the molecule is COC(=O)c1cc(C#N)c(C(F)F)cc1OC(F)(F)F. The van der Waals surface area contributed by atoms with Crippen molar-refractivity contribution in [2.45, 2.75) is 12.8 Å². The van der Waals surface area contributed by atoms with Crippen LogP contribution in [0, 0.1) is 11.3 Å². The molecule has 0 N–H and O–H groups in total. The standard InChI is InChI=1S/C11H6F5NO3/c1-19-10(18)7-2-5(4-17)6(9(12)13)3-8(7)20-11(14,15)16/h2-3,9H,1H3. The summed E-state index contributed by atoms with van der Waals surface area (Å²) < 4.78 is 69.5. The molecule has 0 aliphatic carbocycles. The zero-order valence-electron chi connectivity index (χ0n) is 9.79. The van der Waals surface area contributed by atoms with Gasteiger partial charge in [-0.2, -0.15) is 5.26 Å². The molecule has 0 spiro atoms. The van der Waals surface area contributed by atoms with E-state index in [-0.39, 0.29) is 0 Å². The Bertz CT molecular complexity index is 562. The van der Waals surface area contributed by atoms with E-state index in [0.717, 1.165) is 7.11 Å². The maximum Gasteiger partial charge on any atom is 0.573 e. The highest BCUT2D eigenvalue weighted by atomic mass is 19.4. The lowest BCUT2D eigenvalue weighted by Crippen LogP contribution is -2.20. The minimum Gasteiger partial charge on any atom is -0.465 e. The summed E-state index contributed by atoms with van der Waals surface area (Å²) >= 11 is 0. The van der Waals surface area contributed by atoms with E-state index in [1.54, 1.807) is 0 Å². The van der Waals surface area contributed by atoms with Crippen molar-refractivity contribution < 1.29 is 36.2 Å². The van der Waals surface area contributed by atoms with Crippen molar-refractivity contribution >= 4 is 5.97 Å². The van der Waals surface area contributed by atoms with Crippen LogP contribution in [0.4, 0.5) is 22.0 Å². The number of methoxy groups -OCH3 is 1. The van der Waals surface area contributed by atoms with E-state index in [1.807, 2.05) is 0 Å². The second-order valence-electron chi connectivity index (χ2n) is 3.39. The van der Waals surface area contributed by atoms with Crippen LogP contribution in [0.1, 0.15) is 27.9 Å². The molecular weight excluding hydrogens is 289 g/mol. The highest BCUT2D eigenvalue weighted by molar-refractivity contribution is 5.93. The quantitative estimate of drug-likeness (QED) is 0.634. The molecule has 0 radical (unpaired) electrons. The lowest BCUT2D eigenvalue weighted by Gasteiger charge is -2.14. The summed E-state index contributed by atoms with van der Waals surface area (Å²) in [5, 5.41) is 8.67. The lowest BCUT2D eigenvalue weighted by molar-refractivity contribution is -0.274. The molecule has 9 heteroatoms. The van der Waals surface area contributed by atoms with Crippen molar-refractivity contribution in [1.29, 1.82) is 5.26 Å². The number of esters is 1. The first-order chi connectivity index (χ1) is 9.19. The minimum atomic E-state index is -5.18. The number of hydrogen-bond donors (Lipinski definition) is 0. The van der Waals surface area contributed by atoms with Gasteiger partial charge in [-0.05, 0) is 12.1 Å². The number of hydrogen-bond acceptors (Lipinski definition) is 4. The first-order valence-corrected chi connectivity index (χ1v) is 4.90. The second-order valence-corrected chi connectivity index (χ2v) is 3.39. The van der Waals surface area contributed by atoms with Crippen LogP contribution in [0.3, 0.4) is 0 Å². The van der Waals surface area contributed by atoms with Crippen LogP contribution < -0.4 is 4.74 Å². The van der Waals surface area contributed by atoms with Crippen LogP contribution in [-0.4, -0.2) is 19.4 Å². The van der Waals surface area contributed by atoms with Gasteiger partial charge in [0, 0.05) is 5.56 Å². The average molecular weight is 295 g/mol. The molecule has 0 aliphatic heterocycles. The molecule has 1 aromatic carbocycles. The van der Waals surface area contributed by atoms with Crippen molar-refractivity contribution in [1.82, 2.24) is 0 Å². The number of nitrogens with zero attached hydrogens (tertiary/aromatic N) is 1. The molecule has 0 aromatic heterocycles. The van der Waals surface area contributed by atoms with Crippen molar-refractivity contribution in [3.63, 3.8) is 0 Å². The van der Waals surface area contributed by atoms with Crippen LogP contribution in [0.15, 0.2) is 12.1 Å². The van der Waals surface area contributed by atoms with E-state index in [4.69, 9.17) is 5.26 Å². The van der Waals surface area contributed by atoms with Crippen molar-refractivity contribution in [3.05, 3.63) is 28.8 Å². The third-order valence-electron chi connectivity index (χ3n) is 2.14. The molecule has 0 unspecified atom stereocenters. The summed E-state index contributed by atoms with van der Waals surface area (Å²) in [6, 6.07) is 2.22. The van der Waals surface area contributed by atoms with E-state index in [2.05, 4.69) is 9.47 Å². The third kappa shape index (κ3) is 3.57. The van der Waals surface area contributed by atoms with Gasteiger partial charge in [0.15, 0.2) is 0 Å². The topological polar surface area (TPSA) is 59.3 Å². The molecule has 4 nitrogen and oxygen atoms in total. The van der Waals surface area contributed by atoms with Gasteiger partial charge < -0.3 is 9.47 Å². The zero-order chi connectivity index (χ0) is 15.5. The van der Waals surface area contributed by atoms with Crippen molar-refractivity contribution in [2.75, 3.05) is 7.11 Å². The first-order valence-electron chi connectivity index (χ1n) is 4.90. The summed E-state index contributed by atoms with van der Waals surface area (Å²) in [5.41, 5.74) is -2.39. The van der Waals surface area contributed by atoms with Crippen LogP contribution in [0.25, 0.3) is 0 Å². The summed E-state index contributed by atoms with van der Waals surface area (Å²) in [6.07, 6.45) is -8.39. The summed E-state index contributed by atoms with van der Waals surface area (Å²) in [5.74, 6) is -2.40. The molecule has 1 rings (SSSR count). The molecular formula is C11H6F5NO3. The van der Waals surface area contributed by atoms with Gasteiger partial charge in [-0.3, -0.25) is 0 Å². The fraction of sp³-hybridized carbons (Fsp3) is 0.273. The Morgan fingerprint density at radius 3 is 2.35 bits per heavy atom. The van der Waals surface area contributed by atoms with Crippen LogP contribution in [0.2, 0.25) is 0 Å². The fourth-order valence-corrected chi connectivity index (χ4v) is 1.35. The van der Waals surface area contributed by atoms with Crippen molar-refractivity contribution in [2.24, 2.45) is 0 Å². The summed E-state index contributed by atoms with van der Waals surface area (Å²) in [4.78, 5) is 11.3. The van der Waals surface area contributed by atoms with Gasteiger partial charge >= 0.3 is 12.3 Å². The molecule has 0 saturated heterocycles. The molecule has 20 heavy (non-hydrogen) atoms. The second kappa shape index (κ2) is 5.73. The van der Waals surface area contributed by atoms with Gasteiger partial charge in [-0.15, -0.1) is 13.2 Å². The Hall–Kier alpha value is -2.37. The Labute approximate surface area is 109 Å².